The van der Waals surface area contributed by atoms with Gasteiger partial charge in [-0.3, -0.25) is 19.2 Å². The second-order valence-electron chi connectivity index (χ2n) is 18.6. The third-order valence-corrected chi connectivity index (χ3v) is 12.8. The first-order valence-corrected chi connectivity index (χ1v) is 25.5. The van der Waals surface area contributed by atoms with Gasteiger partial charge in [0.25, 0.3) is 0 Å². The van der Waals surface area contributed by atoms with Crippen molar-refractivity contribution in [2.24, 2.45) is 0 Å². The molecule has 0 radical (unpaired) electrons. The van der Waals surface area contributed by atoms with Crippen LogP contribution in [0.3, 0.4) is 0 Å². The average molecular weight is 1110 g/mol. The van der Waals surface area contributed by atoms with Crippen LogP contribution in [0.15, 0.2) is 134 Å². The van der Waals surface area contributed by atoms with Crippen molar-refractivity contribution in [2.75, 3.05) is 26.4 Å². The molecule has 4 heterocycles. The van der Waals surface area contributed by atoms with Crippen molar-refractivity contribution in [1.29, 1.82) is 0 Å². The molecule has 0 bridgehead atoms. The Labute approximate surface area is 459 Å². The molecule has 1 N–H and O–H groups in total. The van der Waals surface area contributed by atoms with Crippen LogP contribution in [0.1, 0.15) is 70.6 Å². The van der Waals surface area contributed by atoms with E-state index in [1.165, 1.54) is 42.5 Å². The summed E-state index contributed by atoms with van der Waals surface area (Å²) in [6.45, 7) is 6.43. The van der Waals surface area contributed by atoms with E-state index in [0.717, 1.165) is 27.7 Å². The Morgan fingerprint density at radius 3 is 1.44 bits per heavy atom. The number of carbonyl (C=O) groups excluding carboxylic acids is 7. The monoisotopic (exact) mass is 1110 g/mol. The normalized spacial score (nSPS) is 30.0. The summed E-state index contributed by atoms with van der Waals surface area (Å²) in [7, 11) is 0. The molecule has 4 aromatic rings. The Morgan fingerprint density at radius 2 is 0.938 bits per heavy atom. The predicted molar refractivity (Wildman–Crippen MR) is 269 cm³/mol. The molecule has 0 aromatic heterocycles. The average Bonchev–Trinajstić information content (AvgIpc) is 3.46. The van der Waals surface area contributed by atoms with Crippen molar-refractivity contribution in [3.8, 4) is 0 Å². The molecule has 4 aromatic carbocycles. The van der Waals surface area contributed by atoms with Gasteiger partial charge in [-0.05, 0) is 36.4 Å². The number of ether oxygens (including phenoxy) is 15. The highest BCUT2D eigenvalue weighted by Crippen LogP contribution is 2.41. The summed E-state index contributed by atoms with van der Waals surface area (Å²) < 4.78 is 92.9. The number of aliphatic hydroxyl groups excluding tert-OH is 1. The molecular weight excluding hydrogens is 1050 g/mol. The molecule has 0 saturated carbocycles. The Hall–Kier alpha value is -7.45. The molecule has 16 atom stereocenters. The lowest BCUT2D eigenvalue weighted by atomic mass is 9.94. The Kier molecular flexibility index (Phi) is 20.3. The lowest BCUT2D eigenvalue weighted by Gasteiger charge is -2.52. The summed E-state index contributed by atoms with van der Waals surface area (Å²) in [5.41, 5.74) is 0.652. The Bertz CT molecular complexity index is 2750. The van der Waals surface area contributed by atoms with Gasteiger partial charge in [0.15, 0.2) is 55.7 Å². The van der Waals surface area contributed by atoms with Gasteiger partial charge in [0.05, 0.1) is 29.9 Å². The number of benzene rings is 4. The van der Waals surface area contributed by atoms with E-state index in [1.807, 2.05) is 0 Å². The first-order chi connectivity index (χ1) is 38.6. The largest absolute Gasteiger partial charge is 0.463 e. The van der Waals surface area contributed by atoms with Crippen LogP contribution in [0.2, 0.25) is 0 Å². The molecule has 23 heteroatoms. The number of rotatable bonds is 20. The molecule has 0 spiro atoms. The van der Waals surface area contributed by atoms with Gasteiger partial charge >= 0.3 is 41.8 Å². The van der Waals surface area contributed by atoms with Crippen LogP contribution >= 0.6 is 0 Å². The first kappa shape index (κ1) is 58.7. The molecule has 0 aliphatic carbocycles. The third-order valence-electron chi connectivity index (χ3n) is 12.8. The van der Waals surface area contributed by atoms with Crippen LogP contribution < -0.4 is 0 Å². The number of hydrogen-bond donors (Lipinski definition) is 1. The van der Waals surface area contributed by atoms with E-state index in [-0.39, 0.29) is 29.9 Å². The fourth-order valence-corrected chi connectivity index (χ4v) is 9.25. The van der Waals surface area contributed by atoms with Crippen molar-refractivity contribution in [3.63, 3.8) is 0 Å². The Morgan fingerprint density at radius 1 is 0.500 bits per heavy atom. The van der Waals surface area contributed by atoms with Crippen LogP contribution in [0.4, 0.5) is 0 Å². The van der Waals surface area contributed by atoms with Gasteiger partial charge in [-0.2, -0.15) is 0 Å². The maximum atomic E-state index is 14.6. The lowest BCUT2D eigenvalue weighted by Crippen LogP contribution is -2.69. The van der Waals surface area contributed by atoms with Crippen molar-refractivity contribution in [2.45, 2.75) is 126 Å². The quantitative estimate of drug-likeness (QED) is 0.0734. The van der Waals surface area contributed by atoms with Crippen molar-refractivity contribution in [1.82, 2.24) is 0 Å². The lowest BCUT2D eigenvalue weighted by molar-refractivity contribution is -0.404. The van der Waals surface area contributed by atoms with Crippen molar-refractivity contribution in [3.05, 3.63) is 156 Å². The van der Waals surface area contributed by atoms with Gasteiger partial charge in [0, 0.05) is 33.3 Å². The van der Waals surface area contributed by atoms with Crippen LogP contribution in [0.25, 0.3) is 0 Å². The van der Waals surface area contributed by atoms with E-state index < -0.39 is 153 Å². The number of hydrogen-bond acceptors (Lipinski definition) is 23. The topological polar surface area (TPSA) is 278 Å². The number of esters is 7. The van der Waals surface area contributed by atoms with Gasteiger partial charge in [0.1, 0.15) is 55.9 Å². The first-order valence-electron chi connectivity index (χ1n) is 25.5. The number of carbonyl (C=O) groups is 7. The number of fused-ring (bicyclic) bond motifs is 1. The molecule has 80 heavy (non-hydrogen) atoms. The molecule has 0 amide bonds. The van der Waals surface area contributed by atoms with Crippen molar-refractivity contribution >= 4 is 41.8 Å². The molecule has 426 valence electrons. The molecule has 4 aliphatic heterocycles. The van der Waals surface area contributed by atoms with Crippen LogP contribution in [-0.4, -0.2) is 165 Å². The smallest absolute Gasteiger partial charge is 0.338 e. The van der Waals surface area contributed by atoms with Crippen molar-refractivity contribution < 1.29 is 110 Å². The summed E-state index contributed by atoms with van der Waals surface area (Å²) in [4.78, 5) is 93.1. The third kappa shape index (κ3) is 14.9. The fraction of sp³-hybridized carbons (Fsp3) is 0.421. The summed E-state index contributed by atoms with van der Waals surface area (Å²) >= 11 is 0. The van der Waals surface area contributed by atoms with E-state index in [0.29, 0.717) is 5.56 Å². The second-order valence-corrected chi connectivity index (χ2v) is 18.6. The summed E-state index contributed by atoms with van der Waals surface area (Å²) in [6.07, 6.45) is -25.0. The van der Waals surface area contributed by atoms with E-state index in [2.05, 4.69) is 6.58 Å². The highest BCUT2D eigenvalue weighted by molar-refractivity contribution is 5.90. The maximum Gasteiger partial charge on any atom is 0.338 e. The zero-order valence-corrected chi connectivity index (χ0v) is 43.8. The summed E-state index contributed by atoms with van der Waals surface area (Å²) in [6, 6.07) is 32.0. The zero-order chi connectivity index (χ0) is 56.9. The van der Waals surface area contributed by atoms with E-state index in [9.17, 15) is 38.7 Å². The van der Waals surface area contributed by atoms with Crippen LogP contribution in [-0.2, 0) is 90.2 Å². The SMILES string of the molecule is C=CCO[C@H]1O[C@H](COC(C)=O)[C@@H](OC(C)=O)[C@H](O[C@@H]2O[C@@H]3CO[C@@H](c4ccccc4)O[C@H]3[C@H](O[C@@H]3O[C@H](COC(C)=O)[C@@H](OC(C)=O)[C@H](O)[C@H]3OC(=O)c3ccccc3)[C@H]2OC(=O)c2ccccc2)[C@H]1OC(=O)c1ccccc1. The second kappa shape index (κ2) is 27.6. The molecule has 23 nitrogen and oxygen atoms in total. The summed E-state index contributed by atoms with van der Waals surface area (Å²) in [5, 5.41) is 12.2. The van der Waals surface area contributed by atoms with Gasteiger partial charge in [-0.15, -0.1) is 6.58 Å². The molecule has 4 saturated heterocycles. The highest BCUT2D eigenvalue weighted by Gasteiger charge is 2.60. The minimum absolute atomic E-state index is 0.0183. The fourth-order valence-electron chi connectivity index (χ4n) is 9.25. The molecule has 8 rings (SSSR count). The van der Waals surface area contributed by atoms with Gasteiger partial charge < -0.3 is 76.2 Å². The zero-order valence-electron chi connectivity index (χ0n) is 43.8. The molecule has 4 aliphatic rings. The van der Waals surface area contributed by atoms with E-state index in [4.69, 9.17) is 71.1 Å². The standard InChI is InChI=1S/C57H60O23/c1-6-27-66-55-49(76-52(64)36-21-13-8-14-22-36)47(44(71-34(5)61)40(72-55)29-68-32(3)59)80-57-50(77-53(65)37-23-15-9-16-24-37)48(45-41(74-57)30-69-54(78-45)38-25-17-10-18-26-38)79-56-46(75-51(63)35-19-11-7-12-20-35)42(62)43(70-33(4)60)39(73-56)28-67-31(2)58/h6-26,39-50,54-57,62H,1,27-30H2,2-5H3/t39-,40-,41-,42+,43-,44-,45-,46-,47+,48+,49-,50-,54-,55+,56+,57+/m1/s1. The minimum Gasteiger partial charge on any atom is -0.463 e. The van der Waals surface area contributed by atoms with Crippen LogP contribution in [0, 0.1) is 0 Å². The van der Waals surface area contributed by atoms with E-state index in [1.54, 1.807) is 84.9 Å². The van der Waals surface area contributed by atoms with Gasteiger partial charge in [0.2, 0.25) is 0 Å². The summed E-state index contributed by atoms with van der Waals surface area (Å²) in [5.74, 6) is -6.19. The van der Waals surface area contributed by atoms with Gasteiger partial charge in [-0.25, -0.2) is 14.4 Å². The molecule has 0 unspecified atom stereocenters. The van der Waals surface area contributed by atoms with Crippen LogP contribution in [0.5, 0.6) is 0 Å². The predicted octanol–water partition coefficient (Wildman–Crippen LogP) is 4.28. The Balaban J connectivity index is 1.28. The molecule has 4 fully saturated rings. The number of aliphatic hydroxyl groups is 1. The minimum atomic E-state index is -1.97. The maximum absolute atomic E-state index is 14.6. The van der Waals surface area contributed by atoms with Gasteiger partial charge in [-0.1, -0.05) is 91.0 Å². The van der Waals surface area contributed by atoms with E-state index >= 15 is 0 Å². The highest BCUT2D eigenvalue weighted by atomic mass is 16.8. The molecular formula is C57H60O23.